The standard InChI is InChI=1S/C18H25N3O3/c1-20-9-11-21(12-10-20)17(23)18(7-8-18)16(22)19-13-14-3-5-15(24-2)6-4-14/h3-6H,7-13H2,1-2H3,(H,19,22). The molecule has 24 heavy (non-hydrogen) atoms. The zero-order chi connectivity index (χ0) is 17.2. The lowest BCUT2D eigenvalue weighted by atomic mass is 10.0. The predicted octanol–water partition coefficient (Wildman–Crippen LogP) is 0.866. The van der Waals surface area contributed by atoms with Crippen LogP contribution in [0, 0.1) is 5.41 Å². The molecule has 1 saturated heterocycles. The Kier molecular flexibility index (Phi) is 4.76. The third-order valence-corrected chi connectivity index (χ3v) is 5.00. The summed E-state index contributed by atoms with van der Waals surface area (Å²) in [5.41, 5.74) is 0.176. The number of amides is 2. The van der Waals surface area contributed by atoms with Crippen molar-refractivity contribution < 1.29 is 14.3 Å². The lowest BCUT2D eigenvalue weighted by Gasteiger charge is -2.34. The first-order valence-corrected chi connectivity index (χ1v) is 8.44. The van der Waals surface area contributed by atoms with Gasteiger partial charge in [-0.15, -0.1) is 0 Å². The molecule has 1 N–H and O–H groups in total. The maximum Gasteiger partial charge on any atom is 0.238 e. The van der Waals surface area contributed by atoms with E-state index in [-0.39, 0.29) is 11.8 Å². The largest absolute Gasteiger partial charge is 0.497 e. The summed E-state index contributed by atoms with van der Waals surface area (Å²) in [6, 6.07) is 7.56. The van der Waals surface area contributed by atoms with Crippen LogP contribution in [-0.2, 0) is 16.1 Å². The Morgan fingerprint density at radius 2 is 1.75 bits per heavy atom. The van der Waals surface area contributed by atoms with E-state index >= 15 is 0 Å². The van der Waals surface area contributed by atoms with Crippen molar-refractivity contribution in [3.8, 4) is 5.75 Å². The van der Waals surface area contributed by atoms with Crippen molar-refractivity contribution in [3.63, 3.8) is 0 Å². The van der Waals surface area contributed by atoms with Crippen LogP contribution in [-0.4, -0.2) is 62.0 Å². The van der Waals surface area contributed by atoms with Crippen LogP contribution in [0.5, 0.6) is 5.75 Å². The molecule has 2 amide bonds. The third-order valence-electron chi connectivity index (χ3n) is 5.00. The molecule has 0 bridgehead atoms. The van der Waals surface area contributed by atoms with Gasteiger partial charge in [-0.3, -0.25) is 9.59 Å². The Bertz CT molecular complexity index is 602. The molecule has 2 fully saturated rings. The molecule has 0 aromatic heterocycles. The minimum atomic E-state index is -0.817. The van der Waals surface area contributed by atoms with E-state index in [1.807, 2.05) is 29.2 Å². The molecule has 0 radical (unpaired) electrons. The number of ether oxygens (including phenoxy) is 1. The molecule has 0 atom stereocenters. The minimum absolute atomic E-state index is 0.00262. The van der Waals surface area contributed by atoms with Crippen molar-refractivity contribution in [3.05, 3.63) is 29.8 Å². The second kappa shape index (κ2) is 6.81. The predicted molar refractivity (Wildman–Crippen MR) is 90.6 cm³/mol. The molecule has 0 unspecified atom stereocenters. The second-order valence-corrected chi connectivity index (χ2v) is 6.71. The zero-order valence-corrected chi connectivity index (χ0v) is 14.4. The molecule has 1 aromatic rings. The molecule has 1 aromatic carbocycles. The van der Waals surface area contributed by atoms with Crippen LogP contribution in [0.2, 0.25) is 0 Å². The monoisotopic (exact) mass is 331 g/mol. The van der Waals surface area contributed by atoms with Gasteiger partial charge in [0.1, 0.15) is 11.2 Å². The summed E-state index contributed by atoms with van der Waals surface area (Å²) in [6.07, 6.45) is 1.32. The first-order valence-electron chi connectivity index (χ1n) is 8.44. The summed E-state index contributed by atoms with van der Waals surface area (Å²) in [6.45, 7) is 3.59. The molecule has 1 aliphatic heterocycles. The van der Waals surface area contributed by atoms with Crippen LogP contribution >= 0.6 is 0 Å². The van der Waals surface area contributed by atoms with Gasteiger partial charge in [0.2, 0.25) is 11.8 Å². The Morgan fingerprint density at radius 3 is 2.29 bits per heavy atom. The summed E-state index contributed by atoms with van der Waals surface area (Å²) in [7, 11) is 3.67. The van der Waals surface area contributed by atoms with E-state index in [1.54, 1.807) is 7.11 Å². The highest BCUT2D eigenvalue weighted by molar-refractivity contribution is 6.07. The first-order chi connectivity index (χ1) is 11.5. The second-order valence-electron chi connectivity index (χ2n) is 6.71. The van der Waals surface area contributed by atoms with Crippen LogP contribution in [0.25, 0.3) is 0 Å². The number of methoxy groups -OCH3 is 1. The topological polar surface area (TPSA) is 61.9 Å². The highest BCUT2D eigenvalue weighted by Crippen LogP contribution is 2.47. The van der Waals surface area contributed by atoms with Crippen LogP contribution < -0.4 is 10.1 Å². The van der Waals surface area contributed by atoms with E-state index in [4.69, 9.17) is 4.74 Å². The lowest BCUT2D eigenvalue weighted by molar-refractivity contribution is -0.145. The van der Waals surface area contributed by atoms with E-state index in [9.17, 15) is 9.59 Å². The summed E-state index contributed by atoms with van der Waals surface area (Å²) in [5, 5.41) is 2.93. The van der Waals surface area contributed by atoms with Gasteiger partial charge in [-0.25, -0.2) is 0 Å². The van der Waals surface area contributed by atoms with Gasteiger partial charge in [0.05, 0.1) is 7.11 Å². The number of piperazine rings is 1. The summed E-state index contributed by atoms with van der Waals surface area (Å²) in [4.78, 5) is 29.4. The normalized spacial score (nSPS) is 19.7. The van der Waals surface area contributed by atoms with Gasteiger partial charge in [-0.1, -0.05) is 12.1 Å². The number of carbonyl (C=O) groups is 2. The van der Waals surface area contributed by atoms with Crippen molar-refractivity contribution in [2.75, 3.05) is 40.3 Å². The van der Waals surface area contributed by atoms with Crippen molar-refractivity contribution >= 4 is 11.8 Å². The van der Waals surface area contributed by atoms with Gasteiger partial charge in [0, 0.05) is 32.7 Å². The fourth-order valence-corrected chi connectivity index (χ4v) is 3.07. The van der Waals surface area contributed by atoms with Crippen LogP contribution in [0.3, 0.4) is 0 Å². The fraction of sp³-hybridized carbons (Fsp3) is 0.556. The van der Waals surface area contributed by atoms with Crippen molar-refractivity contribution in [1.29, 1.82) is 0 Å². The zero-order valence-electron chi connectivity index (χ0n) is 14.4. The average Bonchev–Trinajstić information content (AvgIpc) is 3.42. The number of hydrogen-bond donors (Lipinski definition) is 1. The highest BCUT2D eigenvalue weighted by Gasteiger charge is 2.57. The number of nitrogens with one attached hydrogen (secondary N) is 1. The van der Waals surface area contributed by atoms with Gasteiger partial charge < -0.3 is 19.9 Å². The lowest BCUT2D eigenvalue weighted by Crippen LogP contribution is -2.52. The Labute approximate surface area is 142 Å². The van der Waals surface area contributed by atoms with Gasteiger partial charge in [0.25, 0.3) is 0 Å². The Hall–Kier alpha value is -2.08. The molecule has 6 nitrogen and oxygen atoms in total. The smallest absolute Gasteiger partial charge is 0.238 e. The third kappa shape index (κ3) is 3.38. The Balaban J connectivity index is 1.56. The van der Waals surface area contributed by atoms with E-state index in [2.05, 4.69) is 17.3 Å². The molecule has 3 rings (SSSR count). The maximum atomic E-state index is 12.8. The number of benzene rings is 1. The van der Waals surface area contributed by atoms with Gasteiger partial charge in [0.15, 0.2) is 0 Å². The molecule has 1 aliphatic carbocycles. The highest BCUT2D eigenvalue weighted by atomic mass is 16.5. The van der Waals surface area contributed by atoms with Crippen LogP contribution in [0.15, 0.2) is 24.3 Å². The van der Waals surface area contributed by atoms with E-state index in [0.717, 1.165) is 24.4 Å². The fourth-order valence-electron chi connectivity index (χ4n) is 3.07. The van der Waals surface area contributed by atoms with Gasteiger partial charge in [-0.2, -0.15) is 0 Å². The number of nitrogens with zero attached hydrogens (tertiary/aromatic N) is 2. The average molecular weight is 331 g/mol. The van der Waals surface area contributed by atoms with Crippen molar-refractivity contribution in [2.45, 2.75) is 19.4 Å². The first kappa shape index (κ1) is 16.8. The summed E-state index contributed by atoms with van der Waals surface area (Å²) < 4.78 is 5.12. The SMILES string of the molecule is COc1ccc(CNC(=O)C2(C(=O)N3CCN(C)CC3)CC2)cc1. The molecular weight excluding hydrogens is 306 g/mol. The molecule has 1 saturated carbocycles. The van der Waals surface area contributed by atoms with Crippen molar-refractivity contribution in [1.82, 2.24) is 15.1 Å². The summed E-state index contributed by atoms with van der Waals surface area (Å²) >= 11 is 0. The molecular formula is C18H25N3O3. The number of rotatable bonds is 5. The van der Waals surface area contributed by atoms with E-state index in [1.165, 1.54) is 0 Å². The molecule has 1 heterocycles. The van der Waals surface area contributed by atoms with Crippen LogP contribution in [0.4, 0.5) is 0 Å². The maximum absolute atomic E-state index is 12.8. The number of likely N-dealkylation sites (N-methyl/N-ethyl adjacent to an activating group) is 1. The van der Waals surface area contributed by atoms with E-state index in [0.29, 0.717) is 32.5 Å². The number of hydrogen-bond acceptors (Lipinski definition) is 4. The molecule has 2 aliphatic rings. The Morgan fingerprint density at radius 1 is 1.12 bits per heavy atom. The van der Waals surface area contributed by atoms with Crippen molar-refractivity contribution in [2.24, 2.45) is 5.41 Å². The van der Waals surface area contributed by atoms with Crippen LogP contribution in [0.1, 0.15) is 18.4 Å². The molecule has 130 valence electrons. The quantitative estimate of drug-likeness (QED) is 0.813. The summed E-state index contributed by atoms with van der Waals surface area (Å²) in [5.74, 6) is 0.652. The molecule has 0 spiro atoms. The van der Waals surface area contributed by atoms with Gasteiger partial charge in [-0.05, 0) is 37.6 Å². The minimum Gasteiger partial charge on any atom is -0.497 e. The number of carbonyl (C=O) groups excluding carboxylic acids is 2. The van der Waals surface area contributed by atoms with E-state index < -0.39 is 5.41 Å². The van der Waals surface area contributed by atoms with Gasteiger partial charge >= 0.3 is 0 Å². The molecule has 6 heteroatoms.